The zero-order valence-corrected chi connectivity index (χ0v) is 8.52. The van der Waals surface area contributed by atoms with E-state index in [0.29, 0.717) is 0 Å². The molecular weight excluding hydrogens is 134 g/mol. The first kappa shape index (κ1) is 10.4. The highest BCUT2D eigenvalue weighted by Gasteiger charge is 2.16. The maximum absolute atomic E-state index is 4.35. The summed E-state index contributed by atoms with van der Waals surface area (Å²) in [7, 11) is 0. The molecule has 0 aliphatic carbocycles. The van der Waals surface area contributed by atoms with E-state index in [2.05, 4.69) is 39.6 Å². The molecule has 0 atom stereocenters. The van der Waals surface area contributed by atoms with Gasteiger partial charge in [-0.3, -0.25) is 4.99 Å². The van der Waals surface area contributed by atoms with Crippen molar-refractivity contribution in [3.63, 3.8) is 0 Å². The number of nitrogens with zero attached hydrogens (tertiary/aromatic N) is 1. The van der Waals surface area contributed by atoms with Crippen LogP contribution in [0, 0.1) is 5.41 Å². The molecule has 11 heavy (non-hydrogen) atoms. The van der Waals surface area contributed by atoms with E-state index < -0.39 is 0 Å². The summed E-state index contributed by atoms with van der Waals surface area (Å²) in [5, 5.41) is 0. The number of rotatable bonds is 1. The van der Waals surface area contributed by atoms with Crippen LogP contribution in [0.5, 0.6) is 0 Å². The molecular formula is C10H19N. The van der Waals surface area contributed by atoms with Crippen molar-refractivity contribution in [2.45, 2.75) is 41.5 Å². The highest BCUT2D eigenvalue weighted by Crippen LogP contribution is 2.28. The summed E-state index contributed by atoms with van der Waals surface area (Å²) in [5.41, 5.74) is 2.67. The summed E-state index contributed by atoms with van der Waals surface area (Å²) < 4.78 is 0. The van der Waals surface area contributed by atoms with Crippen LogP contribution in [0.1, 0.15) is 41.5 Å². The Bertz CT molecular complexity index is 176. The third-order valence-electron chi connectivity index (χ3n) is 1.44. The molecule has 1 heteroatoms. The first-order chi connectivity index (χ1) is 4.89. The molecule has 0 aromatic carbocycles. The van der Waals surface area contributed by atoms with Gasteiger partial charge in [0.1, 0.15) is 0 Å². The zero-order chi connectivity index (χ0) is 9.07. The first-order valence-corrected chi connectivity index (χ1v) is 4.06. The van der Waals surface area contributed by atoms with E-state index in [1.807, 2.05) is 13.1 Å². The number of allylic oxidation sites excluding steroid dienone is 2. The first-order valence-electron chi connectivity index (χ1n) is 4.06. The number of aliphatic imine (C=N–C) groups is 1. The van der Waals surface area contributed by atoms with Gasteiger partial charge in [-0.05, 0) is 20.8 Å². The molecule has 0 bridgehead atoms. The SMILES string of the molecule is C/C=N\C(=C(C)C)C(C)(C)C. The highest BCUT2D eigenvalue weighted by atomic mass is 14.8. The average molecular weight is 153 g/mol. The summed E-state index contributed by atoms with van der Waals surface area (Å²) in [6.45, 7) is 12.7. The Morgan fingerprint density at radius 3 is 1.73 bits per heavy atom. The van der Waals surface area contributed by atoms with E-state index >= 15 is 0 Å². The number of hydrogen-bond acceptors (Lipinski definition) is 1. The van der Waals surface area contributed by atoms with Crippen molar-refractivity contribution in [1.82, 2.24) is 0 Å². The molecule has 0 aliphatic heterocycles. The van der Waals surface area contributed by atoms with Crippen molar-refractivity contribution in [1.29, 1.82) is 0 Å². The van der Waals surface area contributed by atoms with Crippen molar-refractivity contribution in [3.8, 4) is 0 Å². The maximum atomic E-state index is 4.35. The van der Waals surface area contributed by atoms with Gasteiger partial charge in [0.25, 0.3) is 0 Å². The Morgan fingerprint density at radius 2 is 1.64 bits per heavy atom. The lowest BCUT2D eigenvalue weighted by Gasteiger charge is -2.20. The molecule has 0 saturated heterocycles. The summed E-state index contributed by atoms with van der Waals surface area (Å²) in [6, 6.07) is 0. The fraction of sp³-hybridized carbons (Fsp3) is 0.700. The fourth-order valence-corrected chi connectivity index (χ4v) is 1.20. The van der Waals surface area contributed by atoms with Crippen molar-refractivity contribution >= 4 is 6.21 Å². The molecule has 0 fully saturated rings. The summed E-state index contributed by atoms with van der Waals surface area (Å²) in [4.78, 5) is 4.35. The second-order valence-corrected chi connectivity index (χ2v) is 3.99. The Kier molecular flexibility index (Phi) is 3.50. The lowest BCUT2D eigenvalue weighted by molar-refractivity contribution is 0.493. The van der Waals surface area contributed by atoms with Gasteiger partial charge in [-0.25, -0.2) is 0 Å². The Labute approximate surface area is 70.2 Å². The van der Waals surface area contributed by atoms with E-state index in [-0.39, 0.29) is 5.41 Å². The van der Waals surface area contributed by atoms with Crippen LogP contribution in [0.25, 0.3) is 0 Å². The van der Waals surface area contributed by atoms with Gasteiger partial charge < -0.3 is 0 Å². The van der Waals surface area contributed by atoms with E-state index in [1.165, 1.54) is 11.3 Å². The number of hydrogen-bond donors (Lipinski definition) is 0. The largest absolute Gasteiger partial charge is 0.265 e. The smallest absolute Gasteiger partial charge is 0.0439 e. The minimum Gasteiger partial charge on any atom is -0.265 e. The van der Waals surface area contributed by atoms with Gasteiger partial charge in [0, 0.05) is 17.3 Å². The van der Waals surface area contributed by atoms with Crippen LogP contribution in [-0.2, 0) is 0 Å². The van der Waals surface area contributed by atoms with Gasteiger partial charge in [0.15, 0.2) is 0 Å². The standard InChI is InChI=1S/C10H19N/c1-7-11-9(8(2)3)10(4,5)6/h7H,1-6H3/b11-7-. The lowest BCUT2D eigenvalue weighted by atomic mass is 9.90. The molecule has 0 aromatic heterocycles. The van der Waals surface area contributed by atoms with Crippen molar-refractivity contribution in [2.75, 3.05) is 0 Å². The van der Waals surface area contributed by atoms with Crippen LogP contribution in [-0.4, -0.2) is 6.21 Å². The van der Waals surface area contributed by atoms with Crippen LogP contribution in [0.4, 0.5) is 0 Å². The van der Waals surface area contributed by atoms with Crippen LogP contribution in [0.2, 0.25) is 0 Å². The van der Waals surface area contributed by atoms with Gasteiger partial charge in [0.05, 0.1) is 0 Å². The summed E-state index contributed by atoms with van der Waals surface area (Å²) in [5.74, 6) is 0. The van der Waals surface area contributed by atoms with Crippen LogP contribution < -0.4 is 0 Å². The predicted molar refractivity (Wildman–Crippen MR) is 52.0 cm³/mol. The van der Waals surface area contributed by atoms with E-state index in [1.54, 1.807) is 0 Å². The molecule has 0 saturated carbocycles. The van der Waals surface area contributed by atoms with E-state index in [9.17, 15) is 0 Å². The Hall–Kier alpha value is -0.590. The molecule has 1 nitrogen and oxygen atoms in total. The molecule has 0 aliphatic rings. The highest BCUT2D eigenvalue weighted by molar-refractivity contribution is 5.55. The average Bonchev–Trinajstić information content (AvgIpc) is 1.79. The minimum atomic E-state index is 0.172. The molecule has 0 unspecified atom stereocenters. The van der Waals surface area contributed by atoms with Gasteiger partial charge in [0.2, 0.25) is 0 Å². The normalized spacial score (nSPS) is 12.2. The fourth-order valence-electron chi connectivity index (χ4n) is 1.20. The van der Waals surface area contributed by atoms with E-state index in [0.717, 1.165) is 0 Å². The third-order valence-corrected chi connectivity index (χ3v) is 1.44. The molecule has 64 valence electrons. The second kappa shape index (κ2) is 3.70. The predicted octanol–water partition coefficient (Wildman–Crippen LogP) is 3.42. The molecule has 0 rings (SSSR count). The van der Waals surface area contributed by atoms with Gasteiger partial charge in [-0.1, -0.05) is 26.3 Å². The lowest BCUT2D eigenvalue weighted by Crippen LogP contribution is -2.09. The van der Waals surface area contributed by atoms with Crippen LogP contribution in [0.15, 0.2) is 16.3 Å². The maximum Gasteiger partial charge on any atom is 0.0439 e. The molecule has 0 N–H and O–H groups in total. The summed E-state index contributed by atoms with van der Waals surface area (Å²) >= 11 is 0. The molecule has 0 aromatic rings. The van der Waals surface area contributed by atoms with Gasteiger partial charge in [-0.2, -0.15) is 0 Å². The van der Waals surface area contributed by atoms with Crippen molar-refractivity contribution in [3.05, 3.63) is 11.3 Å². The minimum absolute atomic E-state index is 0.172. The second-order valence-electron chi connectivity index (χ2n) is 3.99. The van der Waals surface area contributed by atoms with Crippen molar-refractivity contribution < 1.29 is 0 Å². The van der Waals surface area contributed by atoms with Crippen LogP contribution >= 0.6 is 0 Å². The van der Waals surface area contributed by atoms with Crippen molar-refractivity contribution in [2.24, 2.45) is 10.4 Å². The zero-order valence-electron chi connectivity index (χ0n) is 8.52. The van der Waals surface area contributed by atoms with Gasteiger partial charge in [-0.15, -0.1) is 0 Å². The quantitative estimate of drug-likeness (QED) is 0.512. The molecule has 0 amide bonds. The van der Waals surface area contributed by atoms with E-state index in [4.69, 9.17) is 0 Å². The molecule has 0 spiro atoms. The topological polar surface area (TPSA) is 12.4 Å². The Balaban J connectivity index is 4.79. The monoisotopic (exact) mass is 153 g/mol. The summed E-state index contributed by atoms with van der Waals surface area (Å²) in [6.07, 6.45) is 1.85. The third kappa shape index (κ3) is 3.35. The molecule has 0 radical (unpaired) electrons. The molecule has 0 heterocycles. The van der Waals surface area contributed by atoms with Gasteiger partial charge >= 0.3 is 0 Å². The van der Waals surface area contributed by atoms with Crippen LogP contribution in [0.3, 0.4) is 0 Å². The Morgan fingerprint density at radius 1 is 1.18 bits per heavy atom.